The highest BCUT2D eigenvalue weighted by molar-refractivity contribution is 5.90. The lowest BCUT2D eigenvalue weighted by atomic mass is 9.71. The molecule has 0 radical (unpaired) electrons. The van der Waals surface area contributed by atoms with Crippen LogP contribution in [-0.4, -0.2) is 23.1 Å². The van der Waals surface area contributed by atoms with Crippen molar-refractivity contribution < 1.29 is 19.4 Å². The van der Waals surface area contributed by atoms with Crippen molar-refractivity contribution in [2.75, 3.05) is 0 Å². The second-order valence-electron chi connectivity index (χ2n) is 6.57. The second kappa shape index (κ2) is 6.92. The summed E-state index contributed by atoms with van der Waals surface area (Å²) in [5.74, 6) is -1.06. The first-order valence-electron chi connectivity index (χ1n) is 7.20. The summed E-state index contributed by atoms with van der Waals surface area (Å²) in [6.45, 7) is 6.47. The fourth-order valence-corrected chi connectivity index (χ4v) is 3.02. The number of aliphatic carboxylic acids is 1. The van der Waals surface area contributed by atoms with E-state index in [0.717, 1.165) is 12.8 Å². The first kappa shape index (κ1) is 16.0. The summed E-state index contributed by atoms with van der Waals surface area (Å²) < 4.78 is 5.08. The van der Waals surface area contributed by atoms with E-state index in [1.807, 2.05) is 6.92 Å². The molecule has 0 aromatic heterocycles. The predicted molar refractivity (Wildman–Crippen MR) is 72.8 cm³/mol. The third-order valence-corrected chi connectivity index (χ3v) is 3.92. The average molecular weight is 270 g/mol. The van der Waals surface area contributed by atoms with Gasteiger partial charge in [-0.15, -0.1) is 0 Å². The summed E-state index contributed by atoms with van der Waals surface area (Å²) >= 11 is 0. The van der Waals surface area contributed by atoms with Crippen molar-refractivity contribution in [1.82, 2.24) is 0 Å². The monoisotopic (exact) mass is 270 g/mol. The molecule has 1 aliphatic rings. The van der Waals surface area contributed by atoms with Crippen LogP contribution < -0.4 is 0 Å². The van der Waals surface area contributed by atoms with Gasteiger partial charge in [-0.25, -0.2) is 0 Å². The average Bonchev–Trinajstić information content (AvgIpc) is 2.23. The van der Waals surface area contributed by atoms with E-state index in [1.54, 1.807) is 0 Å². The van der Waals surface area contributed by atoms with Crippen LogP contribution in [0.1, 0.15) is 65.7 Å². The summed E-state index contributed by atoms with van der Waals surface area (Å²) in [4.78, 5) is 21.6. The summed E-state index contributed by atoms with van der Waals surface area (Å²) in [7, 11) is 0. The largest absolute Gasteiger partial charge is 0.481 e. The Kier molecular flexibility index (Phi) is 5.83. The molecule has 0 bridgehead atoms. The molecule has 1 rings (SSSR count). The van der Waals surface area contributed by atoms with Gasteiger partial charge in [-0.1, -0.05) is 26.7 Å². The summed E-state index contributed by atoms with van der Waals surface area (Å²) in [5.41, 5.74) is 0.437. The maximum absolute atomic E-state index is 11.2. The van der Waals surface area contributed by atoms with Crippen LogP contribution in [0.2, 0.25) is 0 Å². The van der Waals surface area contributed by atoms with Crippen LogP contribution in [0, 0.1) is 11.3 Å². The van der Waals surface area contributed by atoms with Crippen LogP contribution in [-0.2, 0) is 14.3 Å². The van der Waals surface area contributed by atoms with E-state index in [0.29, 0.717) is 11.3 Å². The SMILES string of the molecule is CC(CCC1CCCC(C)(C)C1)OC(=O)CC(=O)O. The first-order valence-corrected chi connectivity index (χ1v) is 7.20. The Balaban J connectivity index is 2.24. The van der Waals surface area contributed by atoms with Crippen molar-refractivity contribution in [3.8, 4) is 0 Å². The van der Waals surface area contributed by atoms with Gasteiger partial charge in [-0.3, -0.25) is 9.59 Å². The second-order valence-corrected chi connectivity index (χ2v) is 6.57. The molecule has 19 heavy (non-hydrogen) atoms. The van der Waals surface area contributed by atoms with E-state index in [9.17, 15) is 9.59 Å². The van der Waals surface area contributed by atoms with E-state index in [2.05, 4.69) is 13.8 Å². The number of carboxylic acids is 1. The van der Waals surface area contributed by atoms with Crippen molar-refractivity contribution in [2.45, 2.75) is 71.8 Å². The van der Waals surface area contributed by atoms with E-state index in [-0.39, 0.29) is 6.10 Å². The van der Waals surface area contributed by atoms with Gasteiger partial charge in [0, 0.05) is 0 Å². The molecular formula is C15H26O4. The molecule has 0 saturated heterocycles. The minimum Gasteiger partial charge on any atom is -0.481 e. The molecule has 0 aliphatic heterocycles. The van der Waals surface area contributed by atoms with Crippen molar-refractivity contribution >= 4 is 11.9 Å². The van der Waals surface area contributed by atoms with Crippen molar-refractivity contribution in [1.29, 1.82) is 0 Å². The topological polar surface area (TPSA) is 63.6 Å². The van der Waals surface area contributed by atoms with Gasteiger partial charge in [0.25, 0.3) is 0 Å². The minimum atomic E-state index is -1.13. The number of esters is 1. The molecule has 2 unspecified atom stereocenters. The molecule has 0 heterocycles. The lowest BCUT2D eigenvalue weighted by Gasteiger charge is -2.35. The Morgan fingerprint density at radius 2 is 2.11 bits per heavy atom. The Hall–Kier alpha value is -1.06. The Morgan fingerprint density at radius 3 is 2.68 bits per heavy atom. The number of carboxylic acid groups (broad SMARTS) is 1. The van der Waals surface area contributed by atoms with Gasteiger partial charge in [0.05, 0.1) is 6.10 Å². The summed E-state index contributed by atoms with van der Waals surface area (Å²) in [6, 6.07) is 0. The standard InChI is InChI=1S/C15H26O4/c1-11(19-14(18)9-13(16)17)6-7-12-5-4-8-15(2,3)10-12/h11-12H,4-10H2,1-3H3,(H,16,17). The maximum atomic E-state index is 11.2. The third kappa shape index (κ3) is 6.60. The Bertz CT molecular complexity index is 322. The fourth-order valence-electron chi connectivity index (χ4n) is 3.02. The molecule has 2 atom stereocenters. The normalized spacial score (nSPS) is 23.6. The number of carbonyl (C=O) groups is 2. The maximum Gasteiger partial charge on any atom is 0.317 e. The minimum absolute atomic E-state index is 0.183. The Morgan fingerprint density at radius 1 is 1.42 bits per heavy atom. The smallest absolute Gasteiger partial charge is 0.317 e. The quantitative estimate of drug-likeness (QED) is 0.593. The molecule has 1 fully saturated rings. The zero-order valence-corrected chi connectivity index (χ0v) is 12.3. The molecule has 0 amide bonds. The van der Waals surface area contributed by atoms with Crippen LogP contribution in [0.3, 0.4) is 0 Å². The van der Waals surface area contributed by atoms with Crippen molar-refractivity contribution in [2.24, 2.45) is 11.3 Å². The highest BCUT2D eigenvalue weighted by Gasteiger charge is 2.28. The summed E-state index contributed by atoms with van der Waals surface area (Å²) in [6.07, 6.45) is 6.24. The van der Waals surface area contributed by atoms with Crippen molar-refractivity contribution in [3.05, 3.63) is 0 Å². The molecule has 110 valence electrons. The van der Waals surface area contributed by atoms with E-state index < -0.39 is 18.4 Å². The lowest BCUT2D eigenvalue weighted by molar-refractivity contribution is -0.154. The van der Waals surface area contributed by atoms with Crippen LogP contribution in [0.25, 0.3) is 0 Å². The number of ether oxygens (including phenoxy) is 1. The molecule has 4 heteroatoms. The van der Waals surface area contributed by atoms with Gasteiger partial charge in [0.15, 0.2) is 0 Å². The van der Waals surface area contributed by atoms with E-state index in [1.165, 1.54) is 25.7 Å². The highest BCUT2D eigenvalue weighted by atomic mass is 16.5. The van der Waals surface area contributed by atoms with Gasteiger partial charge in [-0.05, 0) is 43.9 Å². The van der Waals surface area contributed by atoms with E-state index >= 15 is 0 Å². The highest BCUT2D eigenvalue weighted by Crippen LogP contribution is 2.40. The molecular weight excluding hydrogens is 244 g/mol. The lowest BCUT2D eigenvalue weighted by Crippen LogP contribution is -2.24. The third-order valence-electron chi connectivity index (χ3n) is 3.92. The zero-order chi connectivity index (χ0) is 14.5. The number of carbonyl (C=O) groups excluding carboxylic acids is 1. The van der Waals surface area contributed by atoms with Gasteiger partial charge in [-0.2, -0.15) is 0 Å². The van der Waals surface area contributed by atoms with E-state index in [4.69, 9.17) is 9.84 Å². The van der Waals surface area contributed by atoms with Gasteiger partial charge in [0.2, 0.25) is 0 Å². The molecule has 1 N–H and O–H groups in total. The molecule has 4 nitrogen and oxygen atoms in total. The van der Waals surface area contributed by atoms with Gasteiger partial charge < -0.3 is 9.84 Å². The zero-order valence-electron chi connectivity index (χ0n) is 12.3. The number of hydrogen-bond donors (Lipinski definition) is 1. The number of rotatable bonds is 6. The first-order chi connectivity index (χ1) is 8.78. The fraction of sp³-hybridized carbons (Fsp3) is 0.867. The van der Waals surface area contributed by atoms with Crippen LogP contribution >= 0.6 is 0 Å². The molecule has 1 aliphatic carbocycles. The van der Waals surface area contributed by atoms with Gasteiger partial charge >= 0.3 is 11.9 Å². The van der Waals surface area contributed by atoms with Crippen LogP contribution in [0.4, 0.5) is 0 Å². The molecule has 1 saturated carbocycles. The Labute approximate surface area is 115 Å². The molecule has 0 spiro atoms. The molecule has 0 aromatic carbocycles. The predicted octanol–water partition coefficient (Wildman–Crippen LogP) is 3.39. The van der Waals surface area contributed by atoms with Crippen LogP contribution in [0.5, 0.6) is 0 Å². The van der Waals surface area contributed by atoms with Crippen LogP contribution in [0.15, 0.2) is 0 Å². The van der Waals surface area contributed by atoms with Gasteiger partial charge in [0.1, 0.15) is 6.42 Å². The summed E-state index contributed by atoms with van der Waals surface area (Å²) in [5, 5.41) is 8.49. The number of hydrogen-bond acceptors (Lipinski definition) is 3. The molecule has 0 aromatic rings. The van der Waals surface area contributed by atoms with Crippen molar-refractivity contribution in [3.63, 3.8) is 0 Å².